The van der Waals surface area contributed by atoms with E-state index in [0.29, 0.717) is 12.8 Å². The standard InChI is InChI=1S/C9H16N2O3/c10-8(13)3-1-2-7(12)9(14)11-6-4-5-6/h6-7,12H,1-5H2,(H2,10,13)(H,11,14). The first kappa shape index (κ1) is 11.0. The molecule has 0 aromatic rings. The van der Waals surface area contributed by atoms with Gasteiger partial charge in [0.25, 0.3) is 0 Å². The minimum Gasteiger partial charge on any atom is -0.383 e. The van der Waals surface area contributed by atoms with E-state index in [1.165, 1.54) is 0 Å². The van der Waals surface area contributed by atoms with Crippen LogP contribution in [0.2, 0.25) is 0 Å². The maximum atomic E-state index is 11.2. The number of nitrogens with two attached hydrogens (primary N) is 1. The van der Waals surface area contributed by atoms with Gasteiger partial charge < -0.3 is 16.2 Å². The molecule has 5 heteroatoms. The Labute approximate surface area is 82.7 Å². The van der Waals surface area contributed by atoms with E-state index in [2.05, 4.69) is 5.32 Å². The lowest BCUT2D eigenvalue weighted by Gasteiger charge is -2.09. The van der Waals surface area contributed by atoms with Crippen LogP contribution in [0.15, 0.2) is 0 Å². The molecule has 14 heavy (non-hydrogen) atoms. The fraction of sp³-hybridized carbons (Fsp3) is 0.778. The van der Waals surface area contributed by atoms with E-state index in [-0.39, 0.29) is 18.4 Å². The third-order valence-electron chi connectivity index (χ3n) is 2.13. The number of primary amides is 1. The summed E-state index contributed by atoms with van der Waals surface area (Å²) in [6.07, 6.45) is 1.96. The number of carbonyl (C=O) groups excluding carboxylic acids is 2. The molecular weight excluding hydrogens is 184 g/mol. The molecule has 1 rings (SSSR count). The first-order valence-electron chi connectivity index (χ1n) is 4.86. The summed E-state index contributed by atoms with van der Waals surface area (Å²) in [6, 6.07) is 0.258. The van der Waals surface area contributed by atoms with Crippen LogP contribution < -0.4 is 11.1 Å². The second-order valence-electron chi connectivity index (χ2n) is 3.66. The zero-order valence-corrected chi connectivity index (χ0v) is 8.03. The molecule has 0 spiro atoms. The zero-order chi connectivity index (χ0) is 10.6. The summed E-state index contributed by atoms with van der Waals surface area (Å²) in [7, 11) is 0. The molecule has 1 unspecified atom stereocenters. The normalized spacial score (nSPS) is 17.5. The molecule has 0 aromatic carbocycles. The highest BCUT2D eigenvalue weighted by Gasteiger charge is 2.26. The highest BCUT2D eigenvalue weighted by Crippen LogP contribution is 2.18. The Morgan fingerprint density at radius 2 is 2.14 bits per heavy atom. The molecule has 0 radical (unpaired) electrons. The van der Waals surface area contributed by atoms with Gasteiger partial charge in [0.15, 0.2) is 0 Å². The number of rotatable bonds is 6. The minimum atomic E-state index is -1.00. The van der Waals surface area contributed by atoms with Crippen LogP contribution in [0, 0.1) is 0 Å². The van der Waals surface area contributed by atoms with Crippen molar-refractivity contribution in [3.63, 3.8) is 0 Å². The van der Waals surface area contributed by atoms with Gasteiger partial charge in [-0.15, -0.1) is 0 Å². The van der Waals surface area contributed by atoms with Gasteiger partial charge in [-0.3, -0.25) is 9.59 Å². The van der Waals surface area contributed by atoms with Gasteiger partial charge in [-0.05, 0) is 25.7 Å². The van der Waals surface area contributed by atoms with Crippen LogP contribution in [0.4, 0.5) is 0 Å². The molecule has 1 saturated carbocycles. The molecule has 80 valence electrons. The molecule has 1 aliphatic carbocycles. The van der Waals surface area contributed by atoms with Gasteiger partial charge >= 0.3 is 0 Å². The van der Waals surface area contributed by atoms with Gasteiger partial charge in [-0.1, -0.05) is 0 Å². The van der Waals surface area contributed by atoms with E-state index >= 15 is 0 Å². The molecule has 0 bridgehead atoms. The van der Waals surface area contributed by atoms with Crippen LogP contribution in [0.3, 0.4) is 0 Å². The van der Waals surface area contributed by atoms with Crippen molar-refractivity contribution >= 4 is 11.8 Å². The molecule has 0 saturated heterocycles. The maximum absolute atomic E-state index is 11.2. The van der Waals surface area contributed by atoms with Gasteiger partial charge in [-0.2, -0.15) is 0 Å². The van der Waals surface area contributed by atoms with Crippen LogP contribution in [-0.2, 0) is 9.59 Å². The van der Waals surface area contributed by atoms with E-state index in [0.717, 1.165) is 12.8 Å². The van der Waals surface area contributed by atoms with Crippen LogP contribution in [0.1, 0.15) is 32.1 Å². The number of hydrogen-bond donors (Lipinski definition) is 3. The van der Waals surface area contributed by atoms with Crippen molar-refractivity contribution in [1.29, 1.82) is 0 Å². The first-order valence-corrected chi connectivity index (χ1v) is 4.86. The second-order valence-corrected chi connectivity index (χ2v) is 3.66. The molecular formula is C9H16N2O3. The predicted molar refractivity (Wildman–Crippen MR) is 50.2 cm³/mol. The summed E-state index contributed by atoms with van der Waals surface area (Å²) < 4.78 is 0. The zero-order valence-electron chi connectivity index (χ0n) is 8.03. The summed E-state index contributed by atoms with van der Waals surface area (Å²) in [5.41, 5.74) is 4.92. The number of aliphatic hydroxyl groups is 1. The molecule has 5 nitrogen and oxygen atoms in total. The fourth-order valence-corrected chi connectivity index (χ4v) is 1.13. The average molecular weight is 200 g/mol. The lowest BCUT2D eigenvalue weighted by atomic mass is 10.1. The molecule has 0 aromatic heterocycles. The van der Waals surface area contributed by atoms with Gasteiger partial charge in [0, 0.05) is 12.5 Å². The lowest BCUT2D eigenvalue weighted by Crippen LogP contribution is -2.35. The second kappa shape index (κ2) is 4.95. The summed E-state index contributed by atoms with van der Waals surface area (Å²) in [5.74, 6) is -0.739. The Morgan fingerprint density at radius 3 is 2.64 bits per heavy atom. The number of nitrogens with one attached hydrogen (secondary N) is 1. The van der Waals surface area contributed by atoms with E-state index in [1.54, 1.807) is 0 Å². The van der Waals surface area contributed by atoms with E-state index < -0.39 is 12.0 Å². The van der Waals surface area contributed by atoms with Crippen molar-refractivity contribution in [3.8, 4) is 0 Å². The summed E-state index contributed by atoms with van der Waals surface area (Å²) in [6.45, 7) is 0. The van der Waals surface area contributed by atoms with Crippen molar-refractivity contribution in [2.24, 2.45) is 5.73 Å². The fourth-order valence-electron chi connectivity index (χ4n) is 1.13. The van der Waals surface area contributed by atoms with E-state index in [1.807, 2.05) is 0 Å². The number of carbonyl (C=O) groups is 2. The highest BCUT2D eigenvalue weighted by atomic mass is 16.3. The third kappa shape index (κ3) is 4.23. The predicted octanol–water partition coefficient (Wildman–Crippen LogP) is -0.719. The highest BCUT2D eigenvalue weighted by molar-refractivity contribution is 5.81. The number of amides is 2. The summed E-state index contributed by atoms with van der Waals surface area (Å²) in [5, 5.41) is 12.0. The molecule has 1 fully saturated rings. The molecule has 4 N–H and O–H groups in total. The van der Waals surface area contributed by atoms with Crippen molar-refractivity contribution in [3.05, 3.63) is 0 Å². The molecule has 2 amide bonds. The Bertz CT molecular complexity index is 226. The van der Waals surface area contributed by atoms with Crippen molar-refractivity contribution in [1.82, 2.24) is 5.32 Å². The van der Waals surface area contributed by atoms with E-state index in [4.69, 9.17) is 5.73 Å². The first-order chi connectivity index (χ1) is 6.59. The van der Waals surface area contributed by atoms with E-state index in [9.17, 15) is 14.7 Å². The maximum Gasteiger partial charge on any atom is 0.249 e. The van der Waals surface area contributed by atoms with Crippen LogP contribution >= 0.6 is 0 Å². The lowest BCUT2D eigenvalue weighted by molar-refractivity contribution is -0.130. The van der Waals surface area contributed by atoms with Crippen molar-refractivity contribution in [2.75, 3.05) is 0 Å². The Hall–Kier alpha value is -1.10. The van der Waals surface area contributed by atoms with Crippen molar-refractivity contribution in [2.45, 2.75) is 44.2 Å². The van der Waals surface area contributed by atoms with Gasteiger partial charge in [-0.25, -0.2) is 0 Å². The van der Waals surface area contributed by atoms with Gasteiger partial charge in [0.05, 0.1) is 0 Å². The monoisotopic (exact) mass is 200 g/mol. The van der Waals surface area contributed by atoms with Gasteiger partial charge in [0.2, 0.25) is 11.8 Å². The summed E-state index contributed by atoms with van der Waals surface area (Å²) >= 11 is 0. The average Bonchev–Trinajstić information content (AvgIpc) is 2.87. The topological polar surface area (TPSA) is 92.4 Å². The molecule has 0 heterocycles. The molecule has 0 aliphatic heterocycles. The Morgan fingerprint density at radius 1 is 1.50 bits per heavy atom. The van der Waals surface area contributed by atoms with Crippen LogP contribution in [0.5, 0.6) is 0 Å². The molecule has 1 aliphatic rings. The Balaban J connectivity index is 2.09. The number of aliphatic hydroxyl groups excluding tert-OH is 1. The third-order valence-corrected chi connectivity index (χ3v) is 2.13. The Kier molecular flexibility index (Phi) is 3.88. The minimum absolute atomic E-state index is 0.216. The SMILES string of the molecule is NC(=O)CCCC(O)C(=O)NC1CC1. The molecule has 1 atom stereocenters. The van der Waals surface area contributed by atoms with Crippen LogP contribution in [-0.4, -0.2) is 29.1 Å². The number of hydrogen-bond acceptors (Lipinski definition) is 3. The van der Waals surface area contributed by atoms with Crippen LogP contribution in [0.25, 0.3) is 0 Å². The summed E-state index contributed by atoms with van der Waals surface area (Å²) in [4.78, 5) is 21.6. The largest absolute Gasteiger partial charge is 0.383 e. The smallest absolute Gasteiger partial charge is 0.249 e. The van der Waals surface area contributed by atoms with Crippen molar-refractivity contribution < 1.29 is 14.7 Å². The quantitative estimate of drug-likeness (QED) is 0.528. The van der Waals surface area contributed by atoms with Gasteiger partial charge in [0.1, 0.15) is 6.10 Å².